The lowest BCUT2D eigenvalue weighted by molar-refractivity contribution is 0.101. The number of carbonyl (C=O) groups excluding carboxylic acids is 1. The summed E-state index contributed by atoms with van der Waals surface area (Å²) in [5.74, 6) is -1.23. The van der Waals surface area contributed by atoms with Gasteiger partial charge in [-0.05, 0) is 18.2 Å². The molecule has 0 fully saturated rings. The summed E-state index contributed by atoms with van der Waals surface area (Å²) in [5.41, 5.74) is 0.745. The van der Waals surface area contributed by atoms with Crippen LogP contribution in [0, 0.1) is 0 Å². The molecule has 1 atom stereocenters. The second-order valence-electron chi connectivity index (χ2n) is 8.16. The Hall–Kier alpha value is -4.42. The molecule has 0 spiro atoms. The van der Waals surface area contributed by atoms with Crippen molar-refractivity contribution in [3.63, 3.8) is 0 Å². The lowest BCUT2D eigenvalue weighted by atomic mass is 9.98. The summed E-state index contributed by atoms with van der Waals surface area (Å²) in [7, 11) is 1.65. The zero-order valence-corrected chi connectivity index (χ0v) is 20.2. The third kappa shape index (κ3) is 4.36. The molecular formula is C24H21ClN6O6. The van der Waals surface area contributed by atoms with E-state index in [1.807, 2.05) is 6.07 Å². The van der Waals surface area contributed by atoms with Gasteiger partial charge in [-0.15, -0.1) is 0 Å². The van der Waals surface area contributed by atoms with E-state index in [1.165, 1.54) is 12.5 Å². The Morgan fingerprint density at radius 3 is 2.92 bits per heavy atom. The van der Waals surface area contributed by atoms with Crippen molar-refractivity contribution in [2.45, 2.75) is 19.2 Å². The molecule has 3 N–H and O–H groups in total. The largest absolute Gasteiger partial charge is 0.501 e. The van der Waals surface area contributed by atoms with Gasteiger partial charge in [-0.2, -0.15) is 0 Å². The van der Waals surface area contributed by atoms with E-state index in [0.717, 1.165) is 10.1 Å². The number of aliphatic hydroxyl groups excluding tert-OH is 1. The lowest BCUT2D eigenvalue weighted by Crippen LogP contribution is -2.36. The van der Waals surface area contributed by atoms with Crippen molar-refractivity contribution in [2.75, 3.05) is 23.9 Å². The van der Waals surface area contributed by atoms with Crippen LogP contribution >= 0.6 is 11.6 Å². The van der Waals surface area contributed by atoms with E-state index in [4.69, 9.17) is 20.9 Å². The number of benzene rings is 1. The molecule has 1 amide bonds. The highest BCUT2D eigenvalue weighted by Gasteiger charge is 2.34. The fraction of sp³-hybridized carbons (Fsp3) is 0.208. The van der Waals surface area contributed by atoms with Crippen LogP contribution in [-0.2, 0) is 13.2 Å². The van der Waals surface area contributed by atoms with E-state index >= 15 is 0 Å². The van der Waals surface area contributed by atoms with Crippen molar-refractivity contribution in [1.82, 2.24) is 19.7 Å². The average Bonchev–Trinajstić information content (AvgIpc) is 3.34. The van der Waals surface area contributed by atoms with Crippen LogP contribution in [0.25, 0.3) is 0 Å². The zero-order chi connectivity index (χ0) is 26.1. The van der Waals surface area contributed by atoms with Gasteiger partial charge in [0.25, 0.3) is 11.5 Å². The lowest BCUT2D eigenvalue weighted by Gasteiger charge is -2.31. The molecule has 0 bridgehead atoms. The van der Waals surface area contributed by atoms with Crippen molar-refractivity contribution in [3.05, 3.63) is 86.9 Å². The fourth-order valence-corrected chi connectivity index (χ4v) is 4.50. The molecule has 1 unspecified atom stereocenters. The molecular weight excluding hydrogens is 504 g/mol. The van der Waals surface area contributed by atoms with Crippen LogP contribution in [0.15, 0.2) is 58.3 Å². The van der Waals surface area contributed by atoms with Crippen LogP contribution in [-0.4, -0.2) is 49.5 Å². The van der Waals surface area contributed by atoms with Crippen molar-refractivity contribution in [3.8, 4) is 11.5 Å². The Kier molecular flexibility index (Phi) is 6.51. The van der Waals surface area contributed by atoms with E-state index in [0.29, 0.717) is 22.0 Å². The summed E-state index contributed by atoms with van der Waals surface area (Å²) >= 11 is 6.64. The molecule has 13 heteroatoms. The van der Waals surface area contributed by atoms with Crippen molar-refractivity contribution in [2.24, 2.45) is 0 Å². The van der Waals surface area contributed by atoms with Crippen LogP contribution in [0.1, 0.15) is 33.4 Å². The third-order valence-electron chi connectivity index (χ3n) is 5.91. The maximum atomic E-state index is 13.2. The number of nitrogens with one attached hydrogen (secondary N) is 1. The molecule has 1 aliphatic rings. The second kappa shape index (κ2) is 9.91. The smallest absolute Gasteiger partial charge is 0.298 e. The van der Waals surface area contributed by atoms with Crippen molar-refractivity contribution < 1.29 is 24.3 Å². The van der Waals surface area contributed by atoms with Gasteiger partial charge < -0.3 is 29.7 Å². The van der Waals surface area contributed by atoms with Crippen LogP contribution in [0.3, 0.4) is 0 Å². The molecule has 4 heterocycles. The summed E-state index contributed by atoms with van der Waals surface area (Å²) in [6.45, 7) is -0.381. The first-order valence-electron chi connectivity index (χ1n) is 11.1. The molecule has 1 aliphatic heterocycles. The number of pyridine rings is 1. The zero-order valence-electron chi connectivity index (χ0n) is 19.5. The average molecular weight is 525 g/mol. The van der Waals surface area contributed by atoms with Gasteiger partial charge in [-0.25, -0.2) is 4.98 Å². The number of rotatable bonds is 6. The molecule has 1 aromatic carbocycles. The van der Waals surface area contributed by atoms with E-state index in [2.05, 4.69) is 20.4 Å². The highest BCUT2D eigenvalue weighted by molar-refractivity contribution is 6.31. The first kappa shape index (κ1) is 24.3. The number of fused-ring (bicyclic) bond motifs is 2. The number of aliphatic hydroxyl groups is 1. The molecule has 0 saturated heterocycles. The Morgan fingerprint density at radius 1 is 1.32 bits per heavy atom. The Balaban J connectivity index is 1.70. The number of anilines is 2. The Labute approximate surface area is 214 Å². The maximum Gasteiger partial charge on any atom is 0.298 e. The number of aromatic nitrogens is 4. The highest BCUT2D eigenvalue weighted by Crippen LogP contribution is 2.43. The molecule has 0 saturated carbocycles. The van der Waals surface area contributed by atoms with Crippen molar-refractivity contribution >= 4 is 29.1 Å². The summed E-state index contributed by atoms with van der Waals surface area (Å²) in [6.07, 6.45) is 4.06. The Bertz CT molecular complexity index is 1520. The fourth-order valence-electron chi connectivity index (χ4n) is 4.23. The Morgan fingerprint density at radius 2 is 2.16 bits per heavy atom. The van der Waals surface area contributed by atoms with Gasteiger partial charge in [0, 0.05) is 29.4 Å². The van der Waals surface area contributed by atoms with Crippen LogP contribution in [0.5, 0.6) is 11.5 Å². The van der Waals surface area contributed by atoms with Crippen molar-refractivity contribution in [1.29, 1.82) is 0 Å². The van der Waals surface area contributed by atoms with E-state index in [-0.39, 0.29) is 24.8 Å². The number of aromatic hydroxyl groups is 1. The molecule has 5 rings (SSSR count). The topological polar surface area (TPSA) is 156 Å². The first-order chi connectivity index (χ1) is 17.9. The van der Waals surface area contributed by atoms with Crippen LogP contribution in [0.2, 0.25) is 5.02 Å². The van der Waals surface area contributed by atoms with Gasteiger partial charge >= 0.3 is 0 Å². The van der Waals surface area contributed by atoms with E-state index in [9.17, 15) is 19.8 Å². The number of carbonyl (C=O) groups is 1. The molecule has 3 aromatic heterocycles. The highest BCUT2D eigenvalue weighted by atomic mass is 35.5. The first-order valence-corrected chi connectivity index (χ1v) is 11.5. The minimum absolute atomic E-state index is 0.0123. The van der Waals surface area contributed by atoms with Gasteiger partial charge in [0.2, 0.25) is 11.7 Å². The van der Waals surface area contributed by atoms with E-state index in [1.54, 1.807) is 42.4 Å². The van der Waals surface area contributed by atoms with Gasteiger partial charge in [-0.3, -0.25) is 19.1 Å². The molecule has 190 valence electrons. The van der Waals surface area contributed by atoms with Crippen LogP contribution in [0.4, 0.5) is 11.6 Å². The third-order valence-corrected chi connectivity index (χ3v) is 6.24. The number of halogens is 1. The van der Waals surface area contributed by atoms with Gasteiger partial charge in [-0.1, -0.05) is 28.9 Å². The molecule has 37 heavy (non-hydrogen) atoms. The normalized spacial score (nSPS) is 14.2. The van der Waals surface area contributed by atoms with Gasteiger partial charge in [0.15, 0.2) is 5.69 Å². The quantitative estimate of drug-likeness (QED) is 0.342. The summed E-state index contributed by atoms with van der Waals surface area (Å²) in [5, 5.41) is 26.6. The standard InChI is InChI=1S/C24H21ClN6O6/c1-30(20-17-15(25)5-2-6-16(17)36-11-13-4-3-7-26-18(13)20)24-29-19(21(33)23(35)31(24)8-9-32)22(34)28-14-10-27-37-12-14/h2-7,10,12,20,32-33H,8-9,11H2,1H3,(H,28,34). The molecule has 0 radical (unpaired) electrons. The number of hydrogen-bond acceptors (Lipinski definition) is 10. The molecule has 12 nitrogen and oxygen atoms in total. The predicted octanol–water partition coefficient (Wildman–Crippen LogP) is 2.35. The van der Waals surface area contributed by atoms with E-state index < -0.39 is 35.6 Å². The van der Waals surface area contributed by atoms with Gasteiger partial charge in [0.1, 0.15) is 30.3 Å². The minimum Gasteiger partial charge on any atom is -0.501 e. The maximum absolute atomic E-state index is 13.2. The monoisotopic (exact) mass is 524 g/mol. The number of amides is 1. The summed E-state index contributed by atoms with van der Waals surface area (Å²) in [4.78, 5) is 36.7. The number of hydrogen-bond donors (Lipinski definition) is 3. The SMILES string of the molecule is CN(c1nc(C(=O)Nc2cnoc2)c(O)c(=O)n1CCO)C1c2ncccc2COc2cccc(Cl)c21. The molecule has 4 aromatic rings. The molecule has 0 aliphatic carbocycles. The summed E-state index contributed by atoms with van der Waals surface area (Å²) in [6, 6.07) is 8.20. The second-order valence-corrected chi connectivity index (χ2v) is 8.57. The van der Waals surface area contributed by atoms with Gasteiger partial charge in [0.05, 0.1) is 25.0 Å². The predicted molar refractivity (Wildman–Crippen MR) is 132 cm³/mol. The number of ether oxygens (including phenoxy) is 1. The minimum atomic E-state index is -0.910. The summed E-state index contributed by atoms with van der Waals surface area (Å²) < 4.78 is 11.8. The number of nitrogens with zero attached hydrogens (tertiary/aromatic N) is 5. The van der Waals surface area contributed by atoms with Crippen LogP contribution < -0.4 is 20.5 Å².